The fraction of sp³-hybridized carbons (Fsp3) is 0.471. The van der Waals surface area contributed by atoms with Gasteiger partial charge in [0.2, 0.25) is 5.91 Å². The molecule has 0 spiro atoms. The summed E-state index contributed by atoms with van der Waals surface area (Å²) in [4.78, 5) is 25.3. The van der Waals surface area contributed by atoms with Crippen LogP contribution in [0.25, 0.3) is 0 Å². The molecular weight excluding hydrogens is 280 g/mol. The van der Waals surface area contributed by atoms with Crippen molar-refractivity contribution in [2.45, 2.75) is 18.8 Å². The van der Waals surface area contributed by atoms with Crippen LogP contribution in [0.15, 0.2) is 30.3 Å². The zero-order chi connectivity index (χ0) is 15.5. The molecule has 1 aromatic rings. The molecule has 0 radical (unpaired) electrons. The number of rotatable bonds is 3. The van der Waals surface area contributed by atoms with E-state index in [4.69, 9.17) is 4.74 Å². The first-order valence-electron chi connectivity index (χ1n) is 7.55. The molecule has 2 aliphatic rings. The van der Waals surface area contributed by atoms with Crippen LogP contribution in [0.2, 0.25) is 0 Å². The summed E-state index contributed by atoms with van der Waals surface area (Å²) in [5.74, 6) is -0.334. The van der Waals surface area contributed by atoms with Crippen molar-refractivity contribution < 1.29 is 14.3 Å². The maximum atomic E-state index is 12.4. The van der Waals surface area contributed by atoms with Gasteiger partial charge in [0.25, 0.3) is 0 Å². The molecular formula is C17H18N2O3. The van der Waals surface area contributed by atoms with Crippen molar-refractivity contribution in [3.05, 3.63) is 35.9 Å². The molecule has 2 aliphatic heterocycles. The molecule has 2 saturated heterocycles. The SMILES string of the molecule is N#C[C@@H]1CN(C(=O)C[C@H]2COC(=O)C2)C[C@H]1c1ccccc1. The molecule has 1 aromatic carbocycles. The zero-order valence-corrected chi connectivity index (χ0v) is 12.3. The van der Waals surface area contributed by atoms with Gasteiger partial charge in [-0.3, -0.25) is 9.59 Å². The minimum Gasteiger partial charge on any atom is -0.465 e. The molecule has 0 saturated carbocycles. The van der Waals surface area contributed by atoms with Crippen LogP contribution in [0.1, 0.15) is 24.3 Å². The number of ether oxygens (including phenoxy) is 1. The molecule has 5 nitrogen and oxygen atoms in total. The average molecular weight is 298 g/mol. The Hall–Kier alpha value is -2.35. The number of likely N-dealkylation sites (tertiary alicyclic amines) is 1. The minimum atomic E-state index is -0.226. The summed E-state index contributed by atoms with van der Waals surface area (Å²) in [6.45, 7) is 1.38. The number of hydrogen-bond donors (Lipinski definition) is 0. The van der Waals surface area contributed by atoms with Gasteiger partial charge in [-0.15, -0.1) is 0 Å². The highest BCUT2D eigenvalue weighted by Gasteiger charge is 2.37. The molecule has 2 fully saturated rings. The van der Waals surface area contributed by atoms with Crippen molar-refractivity contribution in [1.29, 1.82) is 5.26 Å². The second-order valence-corrected chi connectivity index (χ2v) is 6.01. The van der Waals surface area contributed by atoms with Gasteiger partial charge < -0.3 is 9.64 Å². The largest absolute Gasteiger partial charge is 0.465 e. The van der Waals surface area contributed by atoms with E-state index in [2.05, 4.69) is 6.07 Å². The number of cyclic esters (lactones) is 1. The summed E-state index contributed by atoms with van der Waals surface area (Å²) < 4.78 is 4.90. The van der Waals surface area contributed by atoms with Gasteiger partial charge in [0, 0.05) is 31.3 Å². The molecule has 3 rings (SSSR count). The molecule has 0 aliphatic carbocycles. The third kappa shape index (κ3) is 2.96. The van der Waals surface area contributed by atoms with E-state index in [1.54, 1.807) is 4.90 Å². The molecule has 1 amide bonds. The monoisotopic (exact) mass is 298 g/mol. The van der Waals surface area contributed by atoms with Crippen LogP contribution in [0.3, 0.4) is 0 Å². The lowest BCUT2D eigenvalue weighted by Gasteiger charge is -2.17. The smallest absolute Gasteiger partial charge is 0.306 e. The van der Waals surface area contributed by atoms with Gasteiger partial charge in [0.1, 0.15) is 0 Å². The normalized spacial score (nSPS) is 27.5. The lowest BCUT2D eigenvalue weighted by Crippen LogP contribution is -2.30. The van der Waals surface area contributed by atoms with E-state index in [0.717, 1.165) is 5.56 Å². The van der Waals surface area contributed by atoms with E-state index >= 15 is 0 Å². The Morgan fingerprint density at radius 3 is 2.73 bits per heavy atom. The van der Waals surface area contributed by atoms with E-state index in [-0.39, 0.29) is 29.6 Å². The maximum Gasteiger partial charge on any atom is 0.306 e. The highest BCUT2D eigenvalue weighted by molar-refractivity contribution is 5.79. The number of esters is 1. The van der Waals surface area contributed by atoms with Crippen LogP contribution in [0, 0.1) is 23.2 Å². The third-order valence-corrected chi connectivity index (χ3v) is 4.46. The van der Waals surface area contributed by atoms with Gasteiger partial charge in [-0.2, -0.15) is 5.26 Å². The number of amides is 1. The van der Waals surface area contributed by atoms with Crippen molar-refractivity contribution in [1.82, 2.24) is 4.90 Å². The van der Waals surface area contributed by atoms with Crippen LogP contribution in [-0.2, 0) is 14.3 Å². The van der Waals surface area contributed by atoms with Crippen LogP contribution < -0.4 is 0 Å². The lowest BCUT2D eigenvalue weighted by molar-refractivity contribution is -0.138. The minimum absolute atomic E-state index is 0.0157. The van der Waals surface area contributed by atoms with Gasteiger partial charge in [-0.25, -0.2) is 0 Å². The Morgan fingerprint density at radius 2 is 2.09 bits per heavy atom. The zero-order valence-electron chi connectivity index (χ0n) is 12.3. The quantitative estimate of drug-likeness (QED) is 0.796. The Morgan fingerprint density at radius 1 is 1.32 bits per heavy atom. The van der Waals surface area contributed by atoms with E-state index < -0.39 is 0 Å². The molecule has 22 heavy (non-hydrogen) atoms. The van der Waals surface area contributed by atoms with Crippen LogP contribution in [0.5, 0.6) is 0 Å². The molecule has 3 atom stereocenters. The molecule has 114 valence electrons. The number of benzene rings is 1. The van der Waals surface area contributed by atoms with Gasteiger partial charge >= 0.3 is 5.97 Å². The summed E-state index contributed by atoms with van der Waals surface area (Å²) >= 11 is 0. The fourth-order valence-corrected chi connectivity index (χ4v) is 3.25. The van der Waals surface area contributed by atoms with E-state index in [1.807, 2.05) is 30.3 Å². The Balaban J connectivity index is 1.65. The van der Waals surface area contributed by atoms with E-state index in [1.165, 1.54) is 0 Å². The molecule has 0 unspecified atom stereocenters. The standard InChI is InChI=1S/C17H18N2O3/c18-8-14-9-19(10-15(14)13-4-2-1-3-5-13)16(20)6-12-7-17(21)22-11-12/h1-5,12,14-15H,6-7,9-11H2/t12-,14-,15+/m1/s1. The number of hydrogen-bond acceptors (Lipinski definition) is 4. The Labute approximate surface area is 129 Å². The highest BCUT2D eigenvalue weighted by atomic mass is 16.5. The summed E-state index contributed by atoms with van der Waals surface area (Å²) in [5, 5.41) is 9.36. The molecule has 5 heteroatoms. The summed E-state index contributed by atoms with van der Waals surface area (Å²) in [6, 6.07) is 12.2. The first-order valence-corrected chi connectivity index (χ1v) is 7.55. The van der Waals surface area contributed by atoms with Crippen molar-refractivity contribution in [2.75, 3.05) is 19.7 Å². The highest BCUT2D eigenvalue weighted by Crippen LogP contribution is 2.33. The van der Waals surface area contributed by atoms with Crippen LogP contribution in [-0.4, -0.2) is 36.5 Å². The summed E-state index contributed by atoms with van der Waals surface area (Å²) in [7, 11) is 0. The summed E-state index contributed by atoms with van der Waals surface area (Å²) in [6.07, 6.45) is 0.648. The fourth-order valence-electron chi connectivity index (χ4n) is 3.25. The number of nitrogens with zero attached hydrogens (tertiary/aromatic N) is 2. The first kappa shape index (κ1) is 14.6. The van der Waals surface area contributed by atoms with Gasteiger partial charge in [0.15, 0.2) is 0 Å². The van der Waals surface area contributed by atoms with Crippen molar-refractivity contribution in [3.8, 4) is 6.07 Å². The Kier molecular flexibility index (Phi) is 4.10. The molecule has 0 bridgehead atoms. The molecule has 0 N–H and O–H groups in total. The number of nitriles is 1. The maximum absolute atomic E-state index is 12.4. The first-order chi connectivity index (χ1) is 10.7. The van der Waals surface area contributed by atoms with Crippen molar-refractivity contribution >= 4 is 11.9 Å². The van der Waals surface area contributed by atoms with E-state index in [0.29, 0.717) is 32.5 Å². The van der Waals surface area contributed by atoms with Gasteiger partial charge in [0.05, 0.1) is 25.0 Å². The number of carbonyl (C=O) groups is 2. The predicted molar refractivity (Wildman–Crippen MR) is 78.5 cm³/mol. The predicted octanol–water partition coefficient (Wildman–Crippen LogP) is 1.71. The van der Waals surface area contributed by atoms with Gasteiger partial charge in [-0.05, 0) is 5.56 Å². The lowest BCUT2D eigenvalue weighted by atomic mass is 9.90. The molecule has 0 aromatic heterocycles. The number of carbonyl (C=O) groups excluding carboxylic acids is 2. The van der Waals surface area contributed by atoms with Crippen molar-refractivity contribution in [3.63, 3.8) is 0 Å². The molecule has 2 heterocycles. The van der Waals surface area contributed by atoms with Crippen LogP contribution in [0.4, 0.5) is 0 Å². The van der Waals surface area contributed by atoms with Crippen molar-refractivity contribution in [2.24, 2.45) is 11.8 Å². The second kappa shape index (κ2) is 6.18. The van der Waals surface area contributed by atoms with Gasteiger partial charge in [-0.1, -0.05) is 30.3 Å². The summed E-state index contributed by atoms with van der Waals surface area (Å²) in [5.41, 5.74) is 1.10. The van der Waals surface area contributed by atoms with E-state index in [9.17, 15) is 14.9 Å². The third-order valence-electron chi connectivity index (χ3n) is 4.46. The topological polar surface area (TPSA) is 70.4 Å². The Bertz CT molecular complexity index is 608. The average Bonchev–Trinajstić information content (AvgIpc) is 3.14. The van der Waals surface area contributed by atoms with Crippen LogP contribution >= 0.6 is 0 Å². The second-order valence-electron chi connectivity index (χ2n) is 6.01.